The lowest BCUT2D eigenvalue weighted by Gasteiger charge is -2.05. The molecule has 0 fully saturated rings. The number of hydrogen-bond acceptors (Lipinski definition) is 3. The molecule has 0 bridgehead atoms. The van der Waals surface area contributed by atoms with Gasteiger partial charge in [-0.25, -0.2) is 4.39 Å². The lowest BCUT2D eigenvalue weighted by atomic mass is 10.2. The first-order chi connectivity index (χ1) is 7.16. The summed E-state index contributed by atoms with van der Waals surface area (Å²) in [6, 6.07) is 0. The molecule has 4 nitrogen and oxygen atoms in total. The Kier molecular flexibility index (Phi) is 2.80. The van der Waals surface area contributed by atoms with Crippen LogP contribution < -0.4 is 0 Å². The number of aromatic nitrogens is 1. The van der Waals surface area contributed by atoms with Crippen molar-refractivity contribution in [1.82, 2.24) is 4.98 Å². The highest BCUT2D eigenvalue weighted by atomic mass is 19.4. The van der Waals surface area contributed by atoms with Gasteiger partial charge in [-0.15, -0.1) is 0 Å². The van der Waals surface area contributed by atoms with E-state index in [4.69, 9.17) is 0 Å². The van der Waals surface area contributed by atoms with E-state index in [-0.39, 0.29) is 0 Å². The van der Waals surface area contributed by atoms with Crippen molar-refractivity contribution < 1.29 is 26.9 Å². The van der Waals surface area contributed by atoms with Crippen LogP contribution in [0.1, 0.15) is 11.3 Å². The molecular formula is C7H3F5N2O2. The van der Waals surface area contributed by atoms with E-state index < -0.39 is 39.8 Å². The van der Waals surface area contributed by atoms with Gasteiger partial charge in [-0.1, -0.05) is 0 Å². The summed E-state index contributed by atoms with van der Waals surface area (Å²) in [5.74, 6) is -5.31. The van der Waals surface area contributed by atoms with Gasteiger partial charge in [0.2, 0.25) is 5.82 Å². The number of halogens is 5. The van der Waals surface area contributed by atoms with Crippen molar-refractivity contribution in [3.63, 3.8) is 0 Å². The van der Waals surface area contributed by atoms with Crippen LogP contribution in [0.3, 0.4) is 0 Å². The van der Waals surface area contributed by atoms with E-state index >= 15 is 0 Å². The predicted octanol–water partition coefficient (Wildman–Crippen LogP) is 2.60. The number of pyridine rings is 1. The van der Waals surface area contributed by atoms with Gasteiger partial charge in [-0.3, -0.25) is 0 Å². The summed E-state index contributed by atoms with van der Waals surface area (Å²) < 4.78 is 62.4. The van der Waals surface area contributed by atoms with E-state index in [2.05, 4.69) is 4.98 Å². The number of hydrogen-bond donors (Lipinski definition) is 0. The third-order valence-corrected chi connectivity index (χ3v) is 1.72. The van der Waals surface area contributed by atoms with E-state index in [1.807, 2.05) is 0 Å². The number of alkyl halides is 3. The van der Waals surface area contributed by atoms with Gasteiger partial charge < -0.3 is 10.1 Å². The Bertz CT molecular complexity index is 457. The number of rotatable bonds is 1. The van der Waals surface area contributed by atoms with E-state index in [0.717, 1.165) is 0 Å². The molecule has 1 rings (SSSR count). The zero-order chi connectivity index (χ0) is 12.7. The smallest absolute Gasteiger partial charge is 0.358 e. The van der Waals surface area contributed by atoms with Gasteiger partial charge in [-0.05, 0) is 16.8 Å². The molecule has 0 radical (unpaired) electrons. The summed E-state index contributed by atoms with van der Waals surface area (Å²) in [5.41, 5.74) is -3.19. The van der Waals surface area contributed by atoms with Crippen molar-refractivity contribution in [2.24, 2.45) is 0 Å². The fraction of sp³-hybridized carbons (Fsp3) is 0.286. The summed E-state index contributed by atoms with van der Waals surface area (Å²) in [7, 11) is 0. The predicted molar refractivity (Wildman–Crippen MR) is 40.5 cm³/mol. The lowest BCUT2D eigenvalue weighted by molar-refractivity contribution is -0.392. The van der Waals surface area contributed by atoms with Crippen LogP contribution in [0, 0.1) is 28.7 Å². The summed E-state index contributed by atoms with van der Waals surface area (Å²) in [6.07, 6.45) is -5.21. The van der Waals surface area contributed by atoms with E-state index in [1.54, 1.807) is 0 Å². The summed E-state index contributed by atoms with van der Waals surface area (Å²) >= 11 is 0. The Morgan fingerprint density at radius 1 is 1.25 bits per heavy atom. The molecule has 1 aromatic heterocycles. The Hall–Kier alpha value is -1.80. The van der Waals surface area contributed by atoms with Crippen LogP contribution >= 0.6 is 0 Å². The molecule has 16 heavy (non-hydrogen) atoms. The molecule has 0 amide bonds. The molecule has 0 saturated carbocycles. The van der Waals surface area contributed by atoms with Crippen LogP contribution in [0.5, 0.6) is 0 Å². The molecule has 1 heterocycles. The average molecular weight is 242 g/mol. The first kappa shape index (κ1) is 12.3. The quantitative estimate of drug-likeness (QED) is 0.432. The standard InChI is InChI=1S/C7H3F5N2O2/c1-2-3(8)5(7(10,11)12)13-6(4(2)9)14(15)16/h1H3. The van der Waals surface area contributed by atoms with Gasteiger partial charge in [-0.2, -0.15) is 17.6 Å². The average Bonchev–Trinajstić information content (AvgIpc) is 2.11. The van der Waals surface area contributed by atoms with Crippen molar-refractivity contribution in [3.05, 3.63) is 33.0 Å². The molecule has 1 aromatic rings. The maximum Gasteiger partial charge on any atom is 0.461 e. The van der Waals surface area contributed by atoms with Crippen molar-refractivity contribution >= 4 is 5.82 Å². The highest BCUT2D eigenvalue weighted by Crippen LogP contribution is 2.33. The zero-order valence-electron chi connectivity index (χ0n) is 7.60. The molecule has 0 aromatic carbocycles. The number of nitrogens with zero attached hydrogens (tertiary/aromatic N) is 2. The molecule has 0 spiro atoms. The first-order valence-corrected chi connectivity index (χ1v) is 3.73. The van der Waals surface area contributed by atoms with Crippen LogP contribution in [-0.4, -0.2) is 9.91 Å². The molecule has 0 saturated heterocycles. The molecule has 0 unspecified atom stereocenters. The van der Waals surface area contributed by atoms with Crippen molar-refractivity contribution in [3.8, 4) is 0 Å². The van der Waals surface area contributed by atoms with Gasteiger partial charge in [0.05, 0.1) is 0 Å². The summed E-state index contributed by atoms with van der Waals surface area (Å²) in [4.78, 5) is 11.1. The van der Waals surface area contributed by atoms with Crippen LogP contribution in [-0.2, 0) is 6.18 Å². The second kappa shape index (κ2) is 3.65. The SMILES string of the molecule is Cc1c(F)c([N+](=O)[O-])nc(C(F)(F)F)c1F. The number of nitro groups is 1. The first-order valence-electron chi connectivity index (χ1n) is 3.73. The summed E-state index contributed by atoms with van der Waals surface area (Å²) in [5, 5.41) is 10.2. The van der Waals surface area contributed by atoms with Gasteiger partial charge in [0.1, 0.15) is 0 Å². The van der Waals surface area contributed by atoms with Crippen LogP contribution in [0.4, 0.5) is 27.8 Å². The zero-order valence-corrected chi connectivity index (χ0v) is 7.60. The van der Waals surface area contributed by atoms with Crippen LogP contribution in [0.2, 0.25) is 0 Å². The fourth-order valence-corrected chi connectivity index (χ4v) is 0.955. The third-order valence-electron chi connectivity index (χ3n) is 1.72. The largest absolute Gasteiger partial charge is 0.461 e. The highest BCUT2D eigenvalue weighted by molar-refractivity contribution is 5.33. The molecule has 88 valence electrons. The normalized spacial score (nSPS) is 11.6. The van der Waals surface area contributed by atoms with E-state index in [0.29, 0.717) is 6.92 Å². The van der Waals surface area contributed by atoms with Gasteiger partial charge in [0.25, 0.3) is 5.69 Å². The maximum absolute atomic E-state index is 13.0. The lowest BCUT2D eigenvalue weighted by Crippen LogP contribution is -2.15. The molecule has 0 aliphatic carbocycles. The minimum Gasteiger partial charge on any atom is -0.358 e. The Balaban J connectivity index is 3.61. The summed E-state index contributed by atoms with van der Waals surface area (Å²) in [6.45, 7) is 0.661. The minimum absolute atomic E-state index is 0.661. The third kappa shape index (κ3) is 1.92. The molecule has 0 aliphatic heterocycles. The van der Waals surface area contributed by atoms with Crippen molar-refractivity contribution in [1.29, 1.82) is 0 Å². The van der Waals surface area contributed by atoms with E-state index in [1.165, 1.54) is 0 Å². The molecule has 9 heteroatoms. The van der Waals surface area contributed by atoms with Gasteiger partial charge >= 0.3 is 12.0 Å². The second-order valence-corrected chi connectivity index (χ2v) is 2.79. The van der Waals surface area contributed by atoms with Crippen molar-refractivity contribution in [2.75, 3.05) is 0 Å². The minimum atomic E-state index is -5.21. The Labute approximate surface area is 84.9 Å². The molecular weight excluding hydrogens is 239 g/mol. The molecule has 0 atom stereocenters. The van der Waals surface area contributed by atoms with Crippen LogP contribution in [0.25, 0.3) is 0 Å². The fourth-order valence-electron chi connectivity index (χ4n) is 0.955. The van der Waals surface area contributed by atoms with Gasteiger partial charge in [0, 0.05) is 5.56 Å². The topological polar surface area (TPSA) is 56.0 Å². The van der Waals surface area contributed by atoms with Crippen LogP contribution in [0.15, 0.2) is 0 Å². The highest BCUT2D eigenvalue weighted by Gasteiger charge is 2.44. The monoisotopic (exact) mass is 242 g/mol. The second-order valence-electron chi connectivity index (χ2n) is 2.79. The Morgan fingerprint density at radius 3 is 2.12 bits per heavy atom. The molecule has 0 aliphatic rings. The maximum atomic E-state index is 13.0. The van der Waals surface area contributed by atoms with Crippen molar-refractivity contribution in [2.45, 2.75) is 13.1 Å². The Morgan fingerprint density at radius 2 is 1.75 bits per heavy atom. The van der Waals surface area contributed by atoms with E-state index in [9.17, 15) is 32.1 Å². The van der Waals surface area contributed by atoms with Gasteiger partial charge in [0.15, 0.2) is 5.82 Å². The molecule has 0 N–H and O–H groups in total.